The van der Waals surface area contributed by atoms with Crippen LogP contribution in [0.5, 0.6) is 0 Å². The molecule has 0 atom stereocenters. The van der Waals surface area contributed by atoms with E-state index in [1.54, 1.807) is 7.11 Å². The molecule has 1 heterocycles. The summed E-state index contributed by atoms with van der Waals surface area (Å²) >= 11 is 0. The second kappa shape index (κ2) is 7.33. The zero-order chi connectivity index (χ0) is 12.7. The van der Waals surface area contributed by atoms with Gasteiger partial charge in [0, 0.05) is 12.1 Å². The standard InChI is InChI=1S/C15H25NO/c1-5-9-13(2)15(14(3)17-4)12-16-10-7-6-8-11-16/h5,9H,2,6-8,10-12H2,1,3-4H3/b9-5-,15-14+. The summed E-state index contributed by atoms with van der Waals surface area (Å²) in [5.74, 6) is 0.985. The van der Waals surface area contributed by atoms with Gasteiger partial charge in [-0.25, -0.2) is 0 Å². The molecule has 0 radical (unpaired) electrons. The van der Waals surface area contributed by atoms with Crippen molar-refractivity contribution in [1.82, 2.24) is 4.90 Å². The highest BCUT2D eigenvalue weighted by atomic mass is 16.5. The summed E-state index contributed by atoms with van der Waals surface area (Å²) in [5, 5.41) is 0. The second-order valence-corrected chi connectivity index (χ2v) is 4.60. The molecule has 0 bridgehead atoms. The van der Waals surface area contributed by atoms with Gasteiger partial charge >= 0.3 is 0 Å². The largest absolute Gasteiger partial charge is 0.501 e. The van der Waals surface area contributed by atoms with Crippen molar-refractivity contribution in [2.75, 3.05) is 26.7 Å². The van der Waals surface area contributed by atoms with Crippen molar-refractivity contribution in [2.24, 2.45) is 0 Å². The molecule has 1 saturated heterocycles. The first-order valence-corrected chi connectivity index (χ1v) is 6.47. The third-order valence-electron chi connectivity index (χ3n) is 3.32. The number of hydrogen-bond acceptors (Lipinski definition) is 2. The molecule has 0 N–H and O–H groups in total. The molecule has 17 heavy (non-hydrogen) atoms. The minimum absolute atomic E-state index is 0.961. The van der Waals surface area contributed by atoms with Gasteiger partial charge in [-0.1, -0.05) is 25.2 Å². The molecule has 1 rings (SSSR count). The molecule has 0 aromatic heterocycles. The average Bonchev–Trinajstić information content (AvgIpc) is 2.36. The minimum atomic E-state index is 0.961. The molecule has 0 aliphatic carbocycles. The summed E-state index contributed by atoms with van der Waals surface area (Å²) in [4.78, 5) is 2.50. The molecule has 2 heteroatoms. The van der Waals surface area contributed by atoms with Gasteiger partial charge in [-0.2, -0.15) is 0 Å². The fourth-order valence-electron chi connectivity index (χ4n) is 2.21. The molecule has 0 unspecified atom stereocenters. The van der Waals surface area contributed by atoms with Crippen LogP contribution in [0, 0.1) is 0 Å². The van der Waals surface area contributed by atoms with Crippen molar-refractivity contribution >= 4 is 0 Å². The Morgan fingerprint density at radius 1 is 1.29 bits per heavy atom. The summed E-state index contributed by atoms with van der Waals surface area (Å²) < 4.78 is 5.38. The third-order valence-corrected chi connectivity index (χ3v) is 3.32. The van der Waals surface area contributed by atoms with Crippen LogP contribution in [0.4, 0.5) is 0 Å². The molecule has 1 aliphatic rings. The number of likely N-dealkylation sites (tertiary alicyclic amines) is 1. The lowest BCUT2D eigenvalue weighted by molar-refractivity contribution is 0.237. The van der Waals surface area contributed by atoms with Crippen LogP contribution >= 0.6 is 0 Å². The maximum Gasteiger partial charge on any atom is 0.0975 e. The van der Waals surface area contributed by atoms with Crippen LogP contribution in [0.2, 0.25) is 0 Å². The molecule has 0 aromatic carbocycles. The fraction of sp³-hybridized carbons (Fsp3) is 0.600. The molecular weight excluding hydrogens is 210 g/mol. The van der Waals surface area contributed by atoms with Crippen LogP contribution in [0.25, 0.3) is 0 Å². The number of ether oxygens (including phenoxy) is 1. The lowest BCUT2D eigenvalue weighted by Gasteiger charge is -2.28. The lowest BCUT2D eigenvalue weighted by atomic mass is 10.0. The zero-order valence-electron chi connectivity index (χ0n) is 11.5. The lowest BCUT2D eigenvalue weighted by Crippen LogP contribution is -2.32. The van der Waals surface area contributed by atoms with Crippen LogP contribution in [0.1, 0.15) is 33.1 Å². The normalized spacial score (nSPS) is 19.2. The molecule has 0 spiro atoms. The number of hydrogen-bond donors (Lipinski definition) is 0. The van der Waals surface area contributed by atoms with Crippen molar-refractivity contribution in [3.05, 3.63) is 35.6 Å². The van der Waals surface area contributed by atoms with Gasteiger partial charge in [0.1, 0.15) is 0 Å². The van der Waals surface area contributed by atoms with Crippen molar-refractivity contribution in [3.8, 4) is 0 Å². The smallest absolute Gasteiger partial charge is 0.0975 e. The highest BCUT2D eigenvalue weighted by Crippen LogP contribution is 2.19. The molecule has 0 saturated carbocycles. The monoisotopic (exact) mass is 235 g/mol. The van der Waals surface area contributed by atoms with E-state index in [1.807, 2.05) is 19.9 Å². The predicted octanol–water partition coefficient (Wildman–Crippen LogP) is 3.53. The first-order chi connectivity index (χ1) is 8.19. The van der Waals surface area contributed by atoms with Crippen molar-refractivity contribution in [3.63, 3.8) is 0 Å². The van der Waals surface area contributed by atoms with Gasteiger partial charge in [-0.05, 0) is 45.4 Å². The molecular formula is C15H25NO. The van der Waals surface area contributed by atoms with Gasteiger partial charge in [0.25, 0.3) is 0 Å². The van der Waals surface area contributed by atoms with E-state index in [2.05, 4.69) is 17.6 Å². The Balaban J connectivity index is 2.73. The Morgan fingerprint density at radius 3 is 2.47 bits per heavy atom. The van der Waals surface area contributed by atoms with Gasteiger partial charge in [0.05, 0.1) is 12.9 Å². The fourth-order valence-corrected chi connectivity index (χ4v) is 2.21. The van der Waals surface area contributed by atoms with E-state index in [9.17, 15) is 0 Å². The Labute approximate surface area is 106 Å². The van der Waals surface area contributed by atoms with Gasteiger partial charge in [-0.3, -0.25) is 4.90 Å². The van der Waals surface area contributed by atoms with Crippen LogP contribution < -0.4 is 0 Å². The molecule has 0 amide bonds. The van der Waals surface area contributed by atoms with Crippen LogP contribution in [-0.4, -0.2) is 31.6 Å². The number of nitrogens with zero attached hydrogens (tertiary/aromatic N) is 1. The van der Waals surface area contributed by atoms with E-state index in [4.69, 9.17) is 4.74 Å². The Kier molecular flexibility index (Phi) is 6.06. The quantitative estimate of drug-likeness (QED) is 0.534. The third kappa shape index (κ3) is 4.39. The summed E-state index contributed by atoms with van der Waals surface area (Å²) in [6, 6.07) is 0. The van der Waals surface area contributed by atoms with Crippen molar-refractivity contribution in [2.45, 2.75) is 33.1 Å². The Bertz CT molecular complexity index is 309. The first-order valence-electron chi connectivity index (χ1n) is 6.47. The molecule has 2 nitrogen and oxygen atoms in total. The van der Waals surface area contributed by atoms with E-state index in [0.29, 0.717) is 0 Å². The SMILES string of the molecule is C=C(/C=C\C)/C(CN1CCCCC1)=C(\C)OC. The van der Waals surface area contributed by atoms with E-state index in [1.165, 1.54) is 37.9 Å². The highest BCUT2D eigenvalue weighted by Gasteiger charge is 2.14. The van der Waals surface area contributed by atoms with Crippen LogP contribution in [-0.2, 0) is 4.74 Å². The van der Waals surface area contributed by atoms with Crippen molar-refractivity contribution in [1.29, 1.82) is 0 Å². The van der Waals surface area contributed by atoms with E-state index in [-0.39, 0.29) is 0 Å². The Morgan fingerprint density at radius 2 is 1.94 bits per heavy atom. The summed E-state index contributed by atoms with van der Waals surface area (Å²) in [5.41, 5.74) is 2.30. The maximum absolute atomic E-state index is 5.38. The number of piperidine rings is 1. The first kappa shape index (κ1) is 14.0. The summed E-state index contributed by atoms with van der Waals surface area (Å²) in [7, 11) is 1.73. The molecule has 0 aromatic rings. The van der Waals surface area contributed by atoms with E-state index in [0.717, 1.165) is 17.9 Å². The summed E-state index contributed by atoms with van der Waals surface area (Å²) in [6.07, 6.45) is 8.09. The molecule has 1 fully saturated rings. The second-order valence-electron chi connectivity index (χ2n) is 4.60. The maximum atomic E-state index is 5.38. The van der Waals surface area contributed by atoms with Gasteiger partial charge < -0.3 is 4.74 Å². The Hall–Kier alpha value is -1.02. The van der Waals surface area contributed by atoms with E-state index >= 15 is 0 Å². The highest BCUT2D eigenvalue weighted by molar-refractivity contribution is 5.39. The van der Waals surface area contributed by atoms with Gasteiger partial charge in [-0.15, -0.1) is 0 Å². The minimum Gasteiger partial charge on any atom is -0.501 e. The van der Waals surface area contributed by atoms with Gasteiger partial charge in [0.15, 0.2) is 0 Å². The van der Waals surface area contributed by atoms with Crippen LogP contribution in [0.3, 0.4) is 0 Å². The van der Waals surface area contributed by atoms with Crippen molar-refractivity contribution < 1.29 is 4.74 Å². The molecule has 1 aliphatic heterocycles. The summed E-state index contributed by atoms with van der Waals surface area (Å²) in [6.45, 7) is 11.5. The number of allylic oxidation sites excluding steroid dienone is 3. The number of rotatable bonds is 5. The predicted molar refractivity (Wildman–Crippen MR) is 74.0 cm³/mol. The number of methoxy groups -OCH3 is 1. The zero-order valence-corrected chi connectivity index (χ0v) is 11.5. The molecule has 96 valence electrons. The van der Waals surface area contributed by atoms with Crippen LogP contribution in [0.15, 0.2) is 35.6 Å². The topological polar surface area (TPSA) is 12.5 Å². The van der Waals surface area contributed by atoms with E-state index < -0.39 is 0 Å². The average molecular weight is 235 g/mol. The van der Waals surface area contributed by atoms with Gasteiger partial charge in [0.2, 0.25) is 0 Å².